The molecule has 0 aromatic heterocycles. The maximum atomic E-state index is 14.9. The molecule has 2 spiro atoms. The number of benzene rings is 2. The summed E-state index contributed by atoms with van der Waals surface area (Å²) in [7, 11) is 3.20. The minimum absolute atomic E-state index is 0.0465. The normalized spacial score (nSPS) is 37.2. The van der Waals surface area contributed by atoms with Crippen LogP contribution < -0.4 is 9.47 Å². The van der Waals surface area contributed by atoms with Crippen molar-refractivity contribution in [1.29, 1.82) is 0 Å². The second kappa shape index (κ2) is 13.4. The molecule has 2 aromatic rings. The van der Waals surface area contributed by atoms with Crippen LogP contribution in [-0.4, -0.2) is 59.3 Å². The fourth-order valence-electron chi connectivity index (χ4n) is 12.8. The monoisotopic (exact) mass is 721 g/mol. The minimum Gasteiger partial charge on any atom is -0.493 e. The second-order valence-corrected chi connectivity index (χ2v) is 18.1. The van der Waals surface area contributed by atoms with Crippen LogP contribution >= 0.6 is 0 Å². The van der Waals surface area contributed by atoms with E-state index in [0.29, 0.717) is 36.7 Å². The van der Waals surface area contributed by atoms with Crippen molar-refractivity contribution in [3.05, 3.63) is 83.5 Å². The summed E-state index contributed by atoms with van der Waals surface area (Å²) in [6, 6.07) is 15.7. The summed E-state index contributed by atoms with van der Waals surface area (Å²) in [4.78, 5) is 31.2. The van der Waals surface area contributed by atoms with Gasteiger partial charge in [0.1, 0.15) is 0 Å². The summed E-state index contributed by atoms with van der Waals surface area (Å²) in [6.07, 6.45) is 17.9. The molecule has 0 radical (unpaired) electrons. The van der Waals surface area contributed by atoms with Crippen LogP contribution in [0.5, 0.6) is 11.5 Å². The smallest absolute Gasteiger partial charge is 0.227 e. The molecule has 1 unspecified atom stereocenters. The Kier molecular flexibility index (Phi) is 9.24. The molecule has 0 heterocycles. The summed E-state index contributed by atoms with van der Waals surface area (Å²) < 4.78 is 11.0. The van der Waals surface area contributed by atoms with Gasteiger partial charge < -0.3 is 24.6 Å². The van der Waals surface area contributed by atoms with Gasteiger partial charge in [-0.05, 0) is 98.3 Å². The number of carbonyl (C=O) groups is 2. The highest BCUT2D eigenvalue weighted by Crippen LogP contribution is 2.78. The molecule has 2 bridgehead atoms. The molecule has 7 heteroatoms. The van der Waals surface area contributed by atoms with Crippen molar-refractivity contribution >= 4 is 11.7 Å². The van der Waals surface area contributed by atoms with Crippen molar-refractivity contribution in [2.75, 3.05) is 20.8 Å². The van der Waals surface area contributed by atoms with E-state index in [1.165, 1.54) is 6.42 Å². The number of methoxy groups -OCH3 is 2. The molecule has 53 heavy (non-hydrogen) atoms. The molecule has 7 nitrogen and oxygen atoms in total. The third kappa shape index (κ3) is 5.57. The van der Waals surface area contributed by atoms with Crippen LogP contribution in [0.1, 0.15) is 102 Å². The van der Waals surface area contributed by atoms with E-state index in [1.54, 1.807) is 14.2 Å². The lowest BCUT2D eigenvalue weighted by Crippen LogP contribution is -2.67. The molecule has 9 rings (SSSR count). The molecule has 2 aromatic carbocycles. The van der Waals surface area contributed by atoms with Crippen molar-refractivity contribution in [2.45, 2.75) is 116 Å². The zero-order valence-corrected chi connectivity index (χ0v) is 32.2. The van der Waals surface area contributed by atoms with Crippen LogP contribution in [0.15, 0.2) is 72.3 Å². The Labute approximate surface area is 315 Å². The number of carbonyl (C=O) groups excluding carboxylic acids is 2. The first-order valence-corrected chi connectivity index (χ1v) is 20.3. The summed E-state index contributed by atoms with van der Waals surface area (Å²) in [5, 5.41) is 24.2. The molecule has 0 saturated heterocycles. The van der Waals surface area contributed by atoms with Crippen LogP contribution in [0.3, 0.4) is 0 Å². The van der Waals surface area contributed by atoms with Crippen molar-refractivity contribution in [2.24, 2.45) is 39.4 Å². The molecular weight excluding hydrogens is 663 g/mol. The molecular formula is C46H59NO6. The first-order chi connectivity index (χ1) is 25.4. The van der Waals surface area contributed by atoms with Crippen molar-refractivity contribution in [1.82, 2.24) is 4.90 Å². The molecule has 0 aliphatic heterocycles. The van der Waals surface area contributed by atoms with Gasteiger partial charge in [0.15, 0.2) is 17.3 Å². The van der Waals surface area contributed by atoms with Gasteiger partial charge >= 0.3 is 0 Å². The first-order valence-electron chi connectivity index (χ1n) is 20.3. The first kappa shape index (κ1) is 36.6. The number of Topliss-reactive ketones (excluding diaryl/α,β-unsaturated/α-hetero) is 1. The van der Waals surface area contributed by atoms with Gasteiger partial charge in [-0.15, -0.1) is 0 Å². The Balaban J connectivity index is 1.16. The highest BCUT2D eigenvalue weighted by atomic mass is 16.5. The van der Waals surface area contributed by atoms with E-state index in [0.717, 1.165) is 74.5 Å². The zero-order valence-electron chi connectivity index (χ0n) is 32.2. The van der Waals surface area contributed by atoms with Gasteiger partial charge in [0.05, 0.1) is 38.9 Å². The second-order valence-electron chi connectivity index (χ2n) is 18.1. The van der Waals surface area contributed by atoms with Crippen molar-refractivity contribution in [3.8, 4) is 11.5 Å². The summed E-state index contributed by atoms with van der Waals surface area (Å²) in [5.74, 6) is 1.87. The molecule has 1 amide bonds. The third-order valence-electron chi connectivity index (χ3n) is 15.8. The predicted molar refractivity (Wildman–Crippen MR) is 205 cm³/mol. The fourth-order valence-corrected chi connectivity index (χ4v) is 12.8. The molecule has 4 saturated carbocycles. The SMILES string of the molecule is COc1ccc(CC(=O)N(Cc2ccccc2)C[C@]2(O)CC[C@H]3[C@]45C=C[C@@]6(C=C4C(=O)C4CCCCC4)CC(O)CC[C@]6(C)[C@H]5CC[C@@]32C)cc1OC. The Hall–Kier alpha value is -3.42. The van der Waals surface area contributed by atoms with Crippen LogP contribution in [0.25, 0.3) is 0 Å². The summed E-state index contributed by atoms with van der Waals surface area (Å²) in [6.45, 7) is 5.35. The Morgan fingerprint density at radius 2 is 1.51 bits per heavy atom. The number of allylic oxidation sites excluding steroid dienone is 4. The number of aliphatic hydroxyl groups is 2. The summed E-state index contributed by atoms with van der Waals surface area (Å²) >= 11 is 0. The van der Waals surface area contributed by atoms with Gasteiger partial charge in [0.25, 0.3) is 0 Å². The van der Waals surface area contributed by atoms with Crippen LogP contribution in [-0.2, 0) is 22.6 Å². The van der Waals surface area contributed by atoms with Gasteiger partial charge in [0, 0.05) is 34.3 Å². The van der Waals surface area contributed by atoms with E-state index in [9.17, 15) is 19.8 Å². The van der Waals surface area contributed by atoms with E-state index >= 15 is 0 Å². The number of rotatable bonds is 10. The Morgan fingerprint density at radius 3 is 2.25 bits per heavy atom. The lowest BCUT2D eigenvalue weighted by atomic mass is 9.32. The Morgan fingerprint density at radius 1 is 0.811 bits per heavy atom. The number of hydrogen-bond donors (Lipinski definition) is 2. The molecule has 7 aliphatic rings. The van der Waals surface area contributed by atoms with E-state index in [2.05, 4.69) is 32.1 Å². The lowest BCUT2D eigenvalue weighted by molar-refractivity contribution is -0.181. The summed E-state index contributed by atoms with van der Waals surface area (Å²) in [5.41, 5.74) is 0.354. The molecule has 7 aliphatic carbocycles. The van der Waals surface area contributed by atoms with Gasteiger partial charge in [0.2, 0.25) is 5.91 Å². The number of aliphatic hydroxyl groups excluding tert-OH is 1. The van der Waals surface area contributed by atoms with Gasteiger partial charge in [-0.2, -0.15) is 0 Å². The van der Waals surface area contributed by atoms with Gasteiger partial charge in [-0.1, -0.05) is 87.7 Å². The number of hydrogen-bond acceptors (Lipinski definition) is 6. The largest absolute Gasteiger partial charge is 0.493 e. The van der Waals surface area contributed by atoms with E-state index in [1.807, 2.05) is 53.4 Å². The quantitative estimate of drug-likeness (QED) is 0.242. The zero-order chi connectivity index (χ0) is 37.2. The number of fused-ring (bicyclic) bond motifs is 1. The van der Waals surface area contributed by atoms with E-state index in [-0.39, 0.29) is 53.6 Å². The predicted octanol–water partition coefficient (Wildman–Crippen LogP) is 8.02. The standard InChI is InChI=1S/C46H59NO6/c1-42-20-17-34(48)27-44(42)23-24-46(35(28-44)41(50)33-13-9-6-10-14-33)38(42)18-21-43(2)39(46)19-22-45(43,51)30-47(29-31-11-7-5-8-12-31)40(49)26-32-15-16-36(52-3)37(25-32)53-4/h5,7-8,11-12,15-16,23-25,28,33-34,38-39,48,51H,6,9-10,13-14,17-22,26-27,29-30H2,1-4H3/t34?,38-,39-,42-,43+,44+,45-,46-/m1/s1. The van der Waals surface area contributed by atoms with Gasteiger partial charge in [-0.25, -0.2) is 0 Å². The van der Waals surface area contributed by atoms with Crippen molar-refractivity contribution in [3.63, 3.8) is 0 Å². The third-order valence-corrected chi connectivity index (χ3v) is 15.8. The number of nitrogens with zero attached hydrogens (tertiary/aromatic N) is 1. The van der Waals surface area contributed by atoms with E-state index < -0.39 is 16.4 Å². The van der Waals surface area contributed by atoms with Crippen LogP contribution in [0.4, 0.5) is 0 Å². The maximum absolute atomic E-state index is 14.9. The maximum Gasteiger partial charge on any atom is 0.227 e. The topological polar surface area (TPSA) is 96.3 Å². The average molecular weight is 722 g/mol. The van der Waals surface area contributed by atoms with Crippen LogP contribution in [0.2, 0.25) is 0 Å². The molecule has 284 valence electrons. The van der Waals surface area contributed by atoms with Gasteiger partial charge in [-0.3, -0.25) is 9.59 Å². The highest BCUT2D eigenvalue weighted by Gasteiger charge is 2.74. The van der Waals surface area contributed by atoms with Crippen molar-refractivity contribution < 1.29 is 29.3 Å². The molecule has 4 fully saturated rings. The molecule has 2 N–H and O–H groups in total. The fraction of sp³-hybridized carbons (Fsp3) is 0.609. The number of ketones is 1. The highest BCUT2D eigenvalue weighted by molar-refractivity contribution is 6.00. The minimum atomic E-state index is -1.14. The number of amides is 1. The Bertz CT molecular complexity index is 1800. The average Bonchev–Trinajstić information content (AvgIpc) is 3.44. The van der Waals surface area contributed by atoms with Crippen LogP contribution in [0, 0.1) is 39.4 Å². The molecule has 8 atom stereocenters. The lowest BCUT2D eigenvalue weighted by Gasteiger charge is -2.71. The number of ether oxygens (including phenoxy) is 2. The van der Waals surface area contributed by atoms with E-state index in [4.69, 9.17) is 9.47 Å².